The molecule has 0 bridgehead atoms. The molecule has 33 heavy (non-hydrogen) atoms. The van der Waals surface area contributed by atoms with Gasteiger partial charge in [0.2, 0.25) is 5.91 Å². The third kappa shape index (κ3) is 4.53. The lowest BCUT2D eigenvalue weighted by Crippen LogP contribution is -2.20. The molecule has 4 aromatic rings. The van der Waals surface area contributed by atoms with E-state index < -0.39 is 0 Å². The molecule has 168 valence electrons. The number of aromatic nitrogens is 1. The highest BCUT2D eigenvalue weighted by Gasteiger charge is 2.19. The lowest BCUT2D eigenvalue weighted by molar-refractivity contribution is -0.116. The predicted octanol–water partition coefficient (Wildman–Crippen LogP) is 6.15. The highest BCUT2D eigenvalue weighted by Crippen LogP contribution is 2.41. The number of pyridine rings is 1. The van der Waals surface area contributed by atoms with Crippen molar-refractivity contribution in [2.45, 2.75) is 34.2 Å². The second-order valence-corrected chi connectivity index (χ2v) is 8.33. The van der Waals surface area contributed by atoms with E-state index in [1.54, 1.807) is 31.8 Å². The number of allylic oxidation sites excluding steroid dienone is 1. The van der Waals surface area contributed by atoms with Gasteiger partial charge in [0.25, 0.3) is 0 Å². The molecule has 0 saturated heterocycles. The Morgan fingerprint density at radius 2 is 1.85 bits per heavy atom. The Kier molecular flexibility index (Phi) is 6.31. The van der Waals surface area contributed by atoms with Crippen LogP contribution in [0.3, 0.4) is 0 Å². The molecule has 1 N–H and O–H groups in total. The zero-order chi connectivity index (χ0) is 23.5. The van der Waals surface area contributed by atoms with E-state index in [4.69, 9.17) is 9.15 Å². The van der Waals surface area contributed by atoms with Gasteiger partial charge in [0.15, 0.2) is 0 Å². The van der Waals surface area contributed by atoms with Gasteiger partial charge in [-0.2, -0.15) is 0 Å². The Hall–Kier alpha value is -3.86. The maximum Gasteiger partial charge on any atom is 0.244 e. The fourth-order valence-corrected chi connectivity index (χ4v) is 4.21. The van der Waals surface area contributed by atoms with E-state index in [9.17, 15) is 4.79 Å². The number of fused-ring (bicyclic) bond motifs is 1. The first-order chi connectivity index (χ1) is 15.9. The molecule has 0 radical (unpaired) electrons. The Balaban J connectivity index is 1.73. The van der Waals surface area contributed by atoms with Gasteiger partial charge in [0.1, 0.15) is 11.3 Å². The first kappa shape index (κ1) is 22.3. The molecule has 0 unspecified atom stereocenters. The van der Waals surface area contributed by atoms with Gasteiger partial charge in [0, 0.05) is 47.1 Å². The van der Waals surface area contributed by atoms with Crippen LogP contribution in [0.15, 0.2) is 65.5 Å². The molecule has 0 aliphatic carbocycles. The number of amides is 1. The molecular weight excluding hydrogens is 412 g/mol. The number of methoxy groups -OCH3 is 1. The van der Waals surface area contributed by atoms with Crippen LogP contribution in [-0.2, 0) is 11.3 Å². The van der Waals surface area contributed by atoms with E-state index in [2.05, 4.69) is 48.4 Å². The number of carbonyl (C=O) groups excluding carboxylic acids is 1. The van der Waals surface area contributed by atoms with Crippen LogP contribution in [-0.4, -0.2) is 18.0 Å². The zero-order valence-electron chi connectivity index (χ0n) is 19.7. The molecule has 2 aromatic heterocycles. The number of carbonyl (C=O) groups is 1. The molecule has 2 heterocycles. The summed E-state index contributed by atoms with van der Waals surface area (Å²) in [7, 11) is 1.64. The van der Waals surface area contributed by atoms with Crippen molar-refractivity contribution in [2.75, 3.05) is 7.11 Å². The van der Waals surface area contributed by atoms with Crippen LogP contribution in [0.5, 0.6) is 5.75 Å². The first-order valence-electron chi connectivity index (χ1n) is 10.9. The minimum atomic E-state index is -0.161. The molecular formula is C28H28N2O3. The third-order valence-electron chi connectivity index (χ3n) is 5.91. The van der Waals surface area contributed by atoms with Crippen molar-refractivity contribution in [1.29, 1.82) is 0 Å². The van der Waals surface area contributed by atoms with Gasteiger partial charge in [-0.15, -0.1) is 0 Å². The van der Waals surface area contributed by atoms with E-state index in [1.165, 1.54) is 11.1 Å². The van der Waals surface area contributed by atoms with Crippen molar-refractivity contribution in [3.8, 4) is 16.9 Å². The number of hydrogen-bond donors (Lipinski definition) is 1. The monoisotopic (exact) mass is 440 g/mol. The Morgan fingerprint density at radius 1 is 1.09 bits per heavy atom. The number of benzene rings is 2. The summed E-state index contributed by atoms with van der Waals surface area (Å²) in [6.45, 7) is 8.55. The summed E-state index contributed by atoms with van der Waals surface area (Å²) < 4.78 is 11.7. The van der Waals surface area contributed by atoms with Gasteiger partial charge in [0.05, 0.1) is 13.4 Å². The highest BCUT2D eigenvalue weighted by molar-refractivity contribution is 6.02. The van der Waals surface area contributed by atoms with Crippen molar-refractivity contribution >= 4 is 22.4 Å². The lowest BCUT2D eigenvalue weighted by atomic mass is 9.94. The first-order valence-corrected chi connectivity index (χ1v) is 10.9. The van der Waals surface area contributed by atoms with Crippen molar-refractivity contribution in [1.82, 2.24) is 10.3 Å². The smallest absolute Gasteiger partial charge is 0.244 e. The Bertz CT molecular complexity index is 1350. The summed E-state index contributed by atoms with van der Waals surface area (Å²) in [5.41, 5.74) is 8.96. The second kappa shape index (κ2) is 9.33. The average Bonchev–Trinajstić information content (AvgIpc) is 3.22. The molecule has 2 aromatic carbocycles. The summed E-state index contributed by atoms with van der Waals surface area (Å²) in [4.78, 5) is 16.6. The quantitative estimate of drug-likeness (QED) is 0.365. The number of ether oxygens (including phenoxy) is 1. The van der Waals surface area contributed by atoms with Crippen molar-refractivity contribution in [2.24, 2.45) is 0 Å². The number of rotatable bonds is 6. The van der Waals surface area contributed by atoms with Gasteiger partial charge >= 0.3 is 0 Å². The van der Waals surface area contributed by atoms with Crippen molar-refractivity contribution in [3.63, 3.8) is 0 Å². The maximum atomic E-state index is 12.6. The van der Waals surface area contributed by atoms with Gasteiger partial charge in [-0.3, -0.25) is 9.78 Å². The van der Waals surface area contributed by atoms with Crippen LogP contribution in [0.25, 0.3) is 27.7 Å². The normalized spacial score (nSPS) is 11.6. The SMILES string of the molecule is COc1c(/C(C)=C/C(=O)NCc2ccncc2)cc2c(-c3ccc(C)cc3C)coc2c1C. The minimum Gasteiger partial charge on any atom is -0.496 e. The van der Waals surface area contributed by atoms with E-state index in [0.717, 1.165) is 44.4 Å². The van der Waals surface area contributed by atoms with Crippen molar-refractivity contribution in [3.05, 3.63) is 88.9 Å². The Morgan fingerprint density at radius 3 is 2.55 bits per heavy atom. The molecule has 0 aliphatic rings. The van der Waals surface area contributed by atoms with E-state index in [1.807, 2.05) is 26.0 Å². The number of hydrogen-bond acceptors (Lipinski definition) is 4. The van der Waals surface area contributed by atoms with Gasteiger partial charge < -0.3 is 14.5 Å². The van der Waals surface area contributed by atoms with Crippen LogP contribution in [0, 0.1) is 20.8 Å². The maximum absolute atomic E-state index is 12.6. The standard InChI is InChI=1S/C28H28N2O3/c1-17-6-7-22(18(2)12-17)25-16-33-28-20(4)27(32-5)23(14-24(25)28)19(3)13-26(31)30-15-21-8-10-29-11-9-21/h6-14,16H,15H2,1-5H3,(H,30,31)/b19-13+. The van der Waals surface area contributed by atoms with Crippen LogP contribution in [0.2, 0.25) is 0 Å². The average molecular weight is 441 g/mol. The largest absolute Gasteiger partial charge is 0.496 e. The van der Waals surface area contributed by atoms with Crippen LogP contribution in [0.1, 0.15) is 34.7 Å². The molecule has 0 aliphatic heterocycles. The van der Waals surface area contributed by atoms with Gasteiger partial charge in [-0.25, -0.2) is 0 Å². The third-order valence-corrected chi connectivity index (χ3v) is 5.91. The van der Waals surface area contributed by atoms with Gasteiger partial charge in [-0.05, 0) is 68.2 Å². The fourth-order valence-electron chi connectivity index (χ4n) is 4.21. The van der Waals surface area contributed by atoms with Crippen LogP contribution < -0.4 is 10.1 Å². The number of furan rings is 1. The summed E-state index contributed by atoms with van der Waals surface area (Å²) in [6.07, 6.45) is 6.84. The summed E-state index contributed by atoms with van der Waals surface area (Å²) in [6, 6.07) is 12.2. The van der Waals surface area contributed by atoms with E-state index >= 15 is 0 Å². The molecule has 1 amide bonds. The number of nitrogens with one attached hydrogen (secondary N) is 1. The lowest BCUT2D eigenvalue weighted by Gasteiger charge is -2.14. The molecule has 4 rings (SSSR count). The number of aryl methyl sites for hydroxylation is 3. The van der Waals surface area contributed by atoms with E-state index in [-0.39, 0.29) is 5.91 Å². The summed E-state index contributed by atoms with van der Waals surface area (Å²) >= 11 is 0. The molecule has 0 fully saturated rings. The predicted molar refractivity (Wildman–Crippen MR) is 132 cm³/mol. The number of nitrogens with zero attached hydrogens (tertiary/aromatic N) is 1. The molecule has 0 atom stereocenters. The topological polar surface area (TPSA) is 64.4 Å². The summed E-state index contributed by atoms with van der Waals surface area (Å²) in [5.74, 6) is 0.547. The minimum absolute atomic E-state index is 0.161. The van der Waals surface area contributed by atoms with Crippen LogP contribution >= 0.6 is 0 Å². The zero-order valence-corrected chi connectivity index (χ0v) is 19.7. The molecule has 5 heteroatoms. The second-order valence-electron chi connectivity index (χ2n) is 8.33. The molecule has 0 spiro atoms. The summed E-state index contributed by atoms with van der Waals surface area (Å²) in [5, 5.41) is 3.93. The Labute approximate surface area is 194 Å². The van der Waals surface area contributed by atoms with E-state index in [0.29, 0.717) is 12.3 Å². The fraction of sp³-hybridized carbons (Fsp3) is 0.214. The van der Waals surface area contributed by atoms with Gasteiger partial charge in [-0.1, -0.05) is 23.8 Å². The van der Waals surface area contributed by atoms with Crippen molar-refractivity contribution < 1.29 is 13.9 Å². The molecule has 5 nitrogen and oxygen atoms in total. The molecule has 0 saturated carbocycles. The van der Waals surface area contributed by atoms with Crippen LogP contribution in [0.4, 0.5) is 0 Å². The highest BCUT2D eigenvalue weighted by atomic mass is 16.5.